The van der Waals surface area contributed by atoms with Gasteiger partial charge in [0.15, 0.2) is 0 Å². The van der Waals surface area contributed by atoms with E-state index in [9.17, 15) is 28.1 Å². The quantitative estimate of drug-likeness (QED) is 0.358. The van der Waals surface area contributed by atoms with Crippen molar-refractivity contribution in [3.05, 3.63) is 64.2 Å². The Morgan fingerprint density at radius 1 is 1.14 bits per heavy atom. The molecule has 0 atom stereocenters. The van der Waals surface area contributed by atoms with Crippen LogP contribution in [-0.2, 0) is 19.6 Å². The van der Waals surface area contributed by atoms with Crippen LogP contribution in [0.5, 0.6) is 0 Å². The van der Waals surface area contributed by atoms with Crippen molar-refractivity contribution in [1.29, 1.82) is 0 Å². The first kappa shape index (κ1) is 22.0. The molecule has 1 amide bonds. The first-order valence-electron chi connectivity index (χ1n) is 8.54. The molecule has 11 heteroatoms. The van der Waals surface area contributed by atoms with Gasteiger partial charge in [0.25, 0.3) is 5.69 Å². The molecule has 0 bridgehead atoms. The van der Waals surface area contributed by atoms with E-state index in [1.807, 2.05) is 0 Å². The van der Waals surface area contributed by atoms with E-state index >= 15 is 0 Å². The summed E-state index contributed by atoms with van der Waals surface area (Å²) >= 11 is 0. The van der Waals surface area contributed by atoms with Crippen LogP contribution >= 0.6 is 0 Å². The fourth-order valence-corrected chi connectivity index (χ4v) is 3.32. The lowest BCUT2D eigenvalue weighted by molar-refractivity contribution is -0.384. The fourth-order valence-electron chi connectivity index (χ4n) is 2.29. The minimum absolute atomic E-state index is 0.148. The van der Waals surface area contributed by atoms with E-state index in [0.29, 0.717) is 5.69 Å². The number of rotatable bonds is 9. The van der Waals surface area contributed by atoms with E-state index in [-0.39, 0.29) is 35.7 Å². The highest BCUT2D eigenvalue weighted by Gasteiger charge is 2.16. The number of non-ortho nitro benzene ring substituents is 1. The maximum absolute atomic E-state index is 12.2. The van der Waals surface area contributed by atoms with Gasteiger partial charge < -0.3 is 10.1 Å². The lowest BCUT2D eigenvalue weighted by atomic mass is 10.2. The molecular formula is C18H19N3O7S. The van der Waals surface area contributed by atoms with E-state index in [0.717, 1.165) is 24.3 Å². The third-order valence-electron chi connectivity index (χ3n) is 3.66. The van der Waals surface area contributed by atoms with Gasteiger partial charge >= 0.3 is 5.97 Å². The Bertz CT molecular complexity index is 1000. The Morgan fingerprint density at radius 3 is 2.45 bits per heavy atom. The number of benzene rings is 2. The zero-order chi connectivity index (χ0) is 21.4. The minimum Gasteiger partial charge on any atom is -0.462 e. The summed E-state index contributed by atoms with van der Waals surface area (Å²) in [4.78, 5) is 33.6. The molecule has 2 N–H and O–H groups in total. The molecule has 2 rings (SSSR count). The summed E-state index contributed by atoms with van der Waals surface area (Å²) in [7, 11) is -3.91. The molecule has 2 aromatic rings. The third-order valence-corrected chi connectivity index (χ3v) is 5.14. The van der Waals surface area contributed by atoms with Gasteiger partial charge in [-0.15, -0.1) is 0 Å². The van der Waals surface area contributed by atoms with Crippen LogP contribution in [0.15, 0.2) is 53.4 Å². The van der Waals surface area contributed by atoms with E-state index in [4.69, 9.17) is 4.74 Å². The Morgan fingerprint density at radius 2 is 1.83 bits per heavy atom. The number of amides is 1. The summed E-state index contributed by atoms with van der Waals surface area (Å²) in [5, 5.41) is 13.2. The van der Waals surface area contributed by atoms with Crippen LogP contribution in [0.25, 0.3) is 0 Å². The summed E-state index contributed by atoms with van der Waals surface area (Å²) < 4.78 is 31.5. The molecule has 0 unspecified atom stereocenters. The highest BCUT2D eigenvalue weighted by Crippen LogP contribution is 2.16. The van der Waals surface area contributed by atoms with E-state index < -0.39 is 26.8 Å². The smallest absolute Gasteiger partial charge is 0.338 e. The average molecular weight is 421 g/mol. The van der Waals surface area contributed by atoms with Crippen LogP contribution in [0.3, 0.4) is 0 Å². The van der Waals surface area contributed by atoms with Gasteiger partial charge in [-0.3, -0.25) is 14.9 Å². The second kappa shape index (κ2) is 9.75. The maximum Gasteiger partial charge on any atom is 0.338 e. The third kappa shape index (κ3) is 6.36. The first-order valence-corrected chi connectivity index (χ1v) is 10.0. The molecule has 0 heterocycles. The number of nitro benzene ring substituents is 1. The number of esters is 1. The van der Waals surface area contributed by atoms with Crippen LogP contribution in [-0.4, -0.2) is 38.4 Å². The Hall–Kier alpha value is -3.31. The van der Waals surface area contributed by atoms with Gasteiger partial charge in [0.05, 0.1) is 22.0 Å². The van der Waals surface area contributed by atoms with Crippen molar-refractivity contribution in [2.75, 3.05) is 18.5 Å². The van der Waals surface area contributed by atoms with E-state index in [1.54, 1.807) is 25.1 Å². The monoisotopic (exact) mass is 421 g/mol. The molecule has 0 aliphatic heterocycles. The van der Waals surface area contributed by atoms with Crippen molar-refractivity contribution in [3.8, 4) is 0 Å². The number of nitro groups is 1. The van der Waals surface area contributed by atoms with Gasteiger partial charge in [-0.05, 0) is 37.3 Å². The summed E-state index contributed by atoms with van der Waals surface area (Å²) in [5.74, 6) is -0.975. The lowest BCUT2D eigenvalue weighted by Gasteiger charge is -2.09. The number of nitrogens with zero attached hydrogens (tertiary/aromatic N) is 1. The molecule has 0 aromatic heterocycles. The molecule has 0 radical (unpaired) electrons. The highest BCUT2D eigenvalue weighted by molar-refractivity contribution is 7.89. The van der Waals surface area contributed by atoms with Gasteiger partial charge in [-0.25, -0.2) is 17.9 Å². The lowest BCUT2D eigenvalue weighted by Crippen LogP contribution is -2.27. The van der Waals surface area contributed by atoms with Gasteiger partial charge in [-0.2, -0.15) is 0 Å². The van der Waals surface area contributed by atoms with Crippen molar-refractivity contribution in [2.45, 2.75) is 18.2 Å². The fraction of sp³-hybridized carbons (Fsp3) is 0.222. The maximum atomic E-state index is 12.2. The molecule has 0 aliphatic rings. The summed E-state index contributed by atoms with van der Waals surface area (Å²) in [6.45, 7) is 1.73. The molecule has 2 aromatic carbocycles. The predicted molar refractivity (Wildman–Crippen MR) is 104 cm³/mol. The SMILES string of the molecule is CCOC(=O)c1cccc(NC(=O)CCNS(=O)(=O)c2ccc([N+](=O)[O-])cc2)c1. The van der Waals surface area contributed by atoms with Crippen molar-refractivity contribution in [1.82, 2.24) is 4.72 Å². The summed E-state index contributed by atoms with van der Waals surface area (Å²) in [5.41, 5.74) is 0.427. The average Bonchev–Trinajstić information content (AvgIpc) is 2.68. The Balaban J connectivity index is 1.90. The molecule has 0 saturated carbocycles. The number of nitrogens with one attached hydrogen (secondary N) is 2. The predicted octanol–water partition coefficient (Wildman–Crippen LogP) is 2.08. The molecule has 154 valence electrons. The molecule has 0 fully saturated rings. The number of hydrogen-bond donors (Lipinski definition) is 2. The molecular weight excluding hydrogens is 402 g/mol. The zero-order valence-corrected chi connectivity index (χ0v) is 16.3. The Kier molecular flexibility index (Phi) is 7.39. The van der Waals surface area contributed by atoms with Crippen LogP contribution in [0, 0.1) is 10.1 Å². The molecule has 10 nitrogen and oxygen atoms in total. The highest BCUT2D eigenvalue weighted by atomic mass is 32.2. The van der Waals surface area contributed by atoms with Crippen molar-refractivity contribution < 1.29 is 27.7 Å². The van der Waals surface area contributed by atoms with Crippen LogP contribution in [0.2, 0.25) is 0 Å². The van der Waals surface area contributed by atoms with Gasteiger partial charge in [0.2, 0.25) is 15.9 Å². The number of ether oxygens (including phenoxy) is 1. The number of carbonyl (C=O) groups excluding carboxylic acids is 2. The van der Waals surface area contributed by atoms with Gasteiger partial charge in [-0.1, -0.05) is 6.07 Å². The molecule has 0 saturated heterocycles. The first-order chi connectivity index (χ1) is 13.7. The van der Waals surface area contributed by atoms with Gasteiger partial charge in [0.1, 0.15) is 0 Å². The number of anilines is 1. The zero-order valence-electron chi connectivity index (χ0n) is 15.5. The van der Waals surface area contributed by atoms with Crippen LogP contribution < -0.4 is 10.0 Å². The molecule has 29 heavy (non-hydrogen) atoms. The standard InChI is InChI=1S/C18H19N3O7S/c1-2-28-18(23)13-4-3-5-14(12-13)20-17(22)10-11-19-29(26,27)16-8-6-15(7-9-16)21(24)25/h3-9,12,19H,2,10-11H2,1H3,(H,20,22). The number of sulfonamides is 1. The second-order valence-corrected chi connectivity index (χ2v) is 7.52. The van der Waals surface area contributed by atoms with Crippen LogP contribution in [0.4, 0.5) is 11.4 Å². The van der Waals surface area contributed by atoms with Crippen LogP contribution in [0.1, 0.15) is 23.7 Å². The van der Waals surface area contributed by atoms with Crippen molar-refractivity contribution in [2.24, 2.45) is 0 Å². The Labute approximate surface area is 167 Å². The van der Waals surface area contributed by atoms with E-state index in [1.165, 1.54) is 6.07 Å². The minimum atomic E-state index is -3.91. The summed E-state index contributed by atoms with van der Waals surface area (Å²) in [6.07, 6.45) is -0.157. The van der Waals surface area contributed by atoms with E-state index in [2.05, 4.69) is 10.0 Å². The van der Waals surface area contributed by atoms with Crippen molar-refractivity contribution >= 4 is 33.3 Å². The van der Waals surface area contributed by atoms with Crippen molar-refractivity contribution in [3.63, 3.8) is 0 Å². The topological polar surface area (TPSA) is 145 Å². The normalized spacial score (nSPS) is 10.9. The number of carbonyl (C=O) groups is 2. The largest absolute Gasteiger partial charge is 0.462 e. The molecule has 0 spiro atoms. The van der Waals surface area contributed by atoms with Gasteiger partial charge in [0, 0.05) is 30.8 Å². The molecule has 0 aliphatic carbocycles. The number of hydrogen-bond acceptors (Lipinski definition) is 7. The summed E-state index contributed by atoms with van der Waals surface area (Å²) in [6, 6.07) is 10.6. The second-order valence-electron chi connectivity index (χ2n) is 5.75.